The first-order valence-electron chi connectivity index (χ1n) is 5.69. The predicted molar refractivity (Wildman–Crippen MR) is 61.5 cm³/mol. The van der Waals surface area contributed by atoms with E-state index in [9.17, 15) is 0 Å². The summed E-state index contributed by atoms with van der Waals surface area (Å²) in [6.45, 7) is 7.55. The summed E-state index contributed by atoms with van der Waals surface area (Å²) in [4.78, 5) is 6.56. The van der Waals surface area contributed by atoms with Crippen molar-refractivity contribution in [3.63, 3.8) is 0 Å². The number of ether oxygens (including phenoxy) is 1. The Bertz CT molecular complexity index is 208. The van der Waals surface area contributed by atoms with E-state index >= 15 is 0 Å². The molecule has 0 bridgehead atoms. The lowest BCUT2D eigenvalue weighted by Crippen LogP contribution is -2.52. The number of rotatable bonds is 3. The van der Waals surface area contributed by atoms with Gasteiger partial charge >= 0.3 is 0 Å². The summed E-state index contributed by atoms with van der Waals surface area (Å²) in [7, 11) is 0. The molecule has 1 unspecified atom stereocenters. The van der Waals surface area contributed by atoms with Crippen LogP contribution in [0.4, 0.5) is 0 Å². The first-order chi connectivity index (χ1) is 7.31. The zero-order chi connectivity index (χ0) is 11.1. The molecule has 0 spiro atoms. The average molecular weight is 214 g/mol. The largest absolute Gasteiger partial charge is 0.375 e. The molecule has 0 aromatic heterocycles. The third kappa shape index (κ3) is 3.68. The third-order valence-electron chi connectivity index (χ3n) is 2.51. The standard InChI is InChI=1S/C10H22N4O/c1-3-5-12-10(13-11)14-6-7-15-9(4-2)8-14/h9H,3-8,11H2,1-2H3,(H,12,13). The van der Waals surface area contributed by atoms with Crippen LogP contribution in [0.1, 0.15) is 26.7 Å². The number of nitrogens with two attached hydrogens (primary N) is 1. The van der Waals surface area contributed by atoms with Crippen LogP contribution >= 0.6 is 0 Å². The van der Waals surface area contributed by atoms with Crippen LogP contribution in [0.15, 0.2) is 4.99 Å². The molecule has 5 nitrogen and oxygen atoms in total. The lowest BCUT2D eigenvalue weighted by molar-refractivity contribution is -0.00811. The number of aliphatic imine (C=N–C) groups is 1. The summed E-state index contributed by atoms with van der Waals surface area (Å²) in [5.41, 5.74) is 2.67. The van der Waals surface area contributed by atoms with Gasteiger partial charge < -0.3 is 9.64 Å². The molecule has 0 aromatic carbocycles. The zero-order valence-corrected chi connectivity index (χ0v) is 9.70. The van der Waals surface area contributed by atoms with Crippen molar-refractivity contribution in [2.24, 2.45) is 10.8 Å². The maximum absolute atomic E-state index is 5.59. The van der Waals surface area contributed by atoms with Gasteiger partial charge in [-0.1, -0.05) is 13.8 Å². The predicted octanol–water partition coefficient (Wildman–Crippen LogP) is 0.327. The molecule has 1 heterocycles. The van der Waals surface area contributed by atoms with Crippen molar-refractivity contribution in [1.82, 2.24) is 10.3 Å². The molecule has 3 N–H and O–H groups in total. The van der Waals surface area contributed by atoms with E-state index in [1.165, 1.54) is 0 Å². The van der Waals surface area contributed by atoms with Gasteiger partial charge in [-0.2, -0.15) is 0 Å². The Kier molecular flexibility index (Phi) is 5.42. The molecule has 15 heavy (non-hydrogen) atoms. The monoisotopic (exact) mass is 214 g/mol. The van der Waals surface area contributed by atoms with Crippen LogP contribution in [0.2, 0.25) is 0 Å². The van der Waals surface area contributed by atoms with Gasteiger partial charge in [0.05, 0.1) is 12.7 Å². The van der Waals surface area contributed by atoms with Crippen molar-refractivity contribution < 1.29 is 4.74 Å². The minimum Gasteiger partial charge on any atom is -0.375 e. The second-order valence-electron chi connectivity index (χ2n) is 3.70. The highest BCUT2D eigenvalue weighted by Gasteiger charge is 2.20. The van der Waals surface area contributed by atoms with Crippen LogP contribution < -0.4 is 11.3 Å². The highest BCUT2D eigenvalue weighted by molar-refractivity contribution is 5.79. The van der Waals surface area contributed by atoms with Gasteiger partial charge in [-0.25, -0.2) is 5.84 Å². The van der Waals surface area contributed by atoms with E-state index in [0.717, 1.165) is 45.0 Å². The van der Waals surface area contributed by atoms with Gasteiger partial charge in [-0.05, 0) is 12.8 Å². The molecule has 0 saturated carbocycles. The molecule has 0 aromatic rings. The SMILES string of the molecule is CCCN=C(NN)N1CCOC(CC)C1. The van der Waals surface area contributed by atoms with Crippen molar-refractivity contribution >= 4 is 5.96 Å². The second-order valence-corrected chi connectivity index (χ2v) is 3.70. The summed E-state index contributed by atoms with van der Waals surface area (Å²) in [5, 5.41) is 0. The Hall–Kier alpha value is -0.810. The minimum atomic E-state index is 0.305. The van der Waals surface area contributed by atoms with Crippen LogP contribution in [0.3, 0.4) is 0 Å². The Morgan fingerprint density at radius 1 is 1.60 bits per heavy atom. The molecular weight excluding hydrogens is 192 g/mol. The lowest BCUT2D eigenvalue weighted by Gasteiger charge is -2.34. The molecule has 1 rings (SSSR count). The highest BCUT2D eigenvalue weighted by Crippen LogP contribution is 2.08. The fourth-order valence-corrected chi connectivity index (χ4v) is 1.61. The van der Waals surface area contributed by atoms with Crippen molar-refractivity contribution in [3.05, 3.63) is 0 Å². The van der Waals surface area contributed by atoms with E-state index in [1.807, 2.05) is 0 Å². The summed E-state index contributed by atoms with van der Waals surface area (Å²) in [6.07, 6.45) is 2.37. The Labute approximate surface area is 91.6 Å². The smallest absolute Gasteiger partial charge is 0.208 e. The highest BCUT2D eigenvalue weighted by atomic mass is 16.5. The van der Waals surface area contributed by atoms with Crippen LogP contribution in [-0.4, -0.2) is 43.2 Å². The quantitative estimate of drug-likeness (QED) is 0.307. The van der Waals surface area contributed by atoms with Crippen molar-refractivity contribution in [2.75, 3.05) is 26.2 Å². The molecule has 1 aliphatic heterocycles. The summed E-state index contributed by atoms with van der Waals surface area (Å²) >= 11 is 0. The molecule has 0 radical (unpaired) electrons. The fraction of sp³-hybridized carbons (Fsp3) is 0.900. The first kappa shape index (κ1) is 12.3. The second kappa shape index (κ2) is 6.63. The summed E-state index contributed by atoms with van der Waals surface area (Å²) in [6, 6.07) is 0. The van der Waals surface area contributed by atoms with Crippen molar-refractivity contribution in [3.8, 4) is 0 Å². The van der Waals surface area contributed by atoms with Crippen LogP contribution in [0.5, 0.6) is 0 Å². The molecule has 5 heteroatoms. The Balaban J connectivity index is 2.51. The number of nitrogens with zero attached hydrogens (tertiary/aromatic N) is 2. The van der Waals surface area contributed by atoms with Gasteiger partial charge in [0.1, 0.15) is 0 Å². The van der Waals surface area contributed by atoms with Crippen molar-refractivity contribution in [1.29, 1.82) is 0 Å². The fourth-order valence-electron chi connectivity index (χ4n) is 1.61. The lowest BCUT2D eigenvalue weighted by atomic mass is 10.2. The normalized spacial score (nSPS) is 23.0. The molecule has 0 amide bonds. The number of morpholine rings is 1. The minimum absolute atomic E-state index is 0.305. The van der Waals surface area contributed by atoms with E-state index in [4.69, 9.17) is 10.6 Å². The van der Waals surface area contributed by atoms with Gasteiger partial charge in [0.15, 0.2) is 0 Å². The third-order valence-corrected chi connectivity index (χ3v) is 2.51. The molecule has 1 aliphatic rings. The number of hydrogen-bond acceptors (Lipinski definition) is 3. The molecule has 1 fully saturated rings. The number of hydrazine groups is 1. The molecule has 88 valence electrons. The van der Waals surface area contributed by atoms with E-state index in [1.54, 1.807) is 0 Å². The summed E-state index contributed by atoms with van der Waals surface area (Å²) in [5.74, 6) is 6.26. The molecular formula is C10H22N4O. The number of guanidine groups is 1. The van der Waals surface area contributed by atoms with Crippen LogP contribution in [-0.2, 0) is 4.74 Å². The van der Waals surface area contributed by atoms with E-state index in [2.05, 4.69) is 29.2 Å². The van der Waals surface area contributed by atoms with E-state index in [0.29, 0.717) is 6.10 Å². The average Bonchev–Trinajstić information content (AvgIpc) is 2.30. The van der Waals surface area contributed by atoms with Crippen LogP contribution in [0.25, 0.3) is 0 Å². The Morgan fingerprint density at radius 3 is 3.00 bits per heavy atom. The van der Waals surface area contributed by atoms with Crippen LogP contribution in [0, 0.1) is 0 Å². The topological polar surface area (TPSA) is 62.9 Å². The Morgan fingerprint density at radius 2 is 2.40 bits per heavy atom. The maximum Gasteiger partial charge on any atom is 0.208 e. The van der Waals surface area contributed by atoms with Gasteiger partial charge in [-0.15, -0.1) is 0 Å². The molecule has 1 atom stereocenters. The van der Waals surface area contributed by atoms with Gasteiger partial charge in [0, 0.05) is 19.6 Å². The maximum atomic E-state index is 5.59. The van der Waals surface area contributed by atoms with Gasteiger partial charge in [0.25, 0.3) is 0 Å². The number of hydrogen-bond donors (Lipinski definition) is 2. The molecule has 1 saturated heterocycles. The summed E-state index contributed by atoms with van der Waals surface area (Å²) < 4.78 is 5.59. The zero-order valence-electron chi connectivity index (χ0n) is 9.70. The van der Waals surface area contributed by atoms with Crippen molar-refractivity contribution in [2.45, 2.75) is 32.8 Å². The van der Waals surface area contributed by atoms with E-state index < -0.39 is 0 Å². The van der Waals surface area contributed by atoms with Gasteiger partial charge in [-0.3, -0.25) is 10.4 Å². The first-order valence-corrected chi connectivity index (χ1v) is 5.69. The van der Waals surface area contributed by atoms with E-state index in [-0.39, 0.29) is 0 Å². The molecule has 0 aliphatic carbocycles. The van der Waals surface area contributed by atoms with Gasteiger partial charge in [0.2, 0.25) is 5.96 Å². The number of nitrogens with one attached hydrogen (secondary N) is 1.